The molecule has 1 atom stereocenters. The number of hydrogen-bond donors (Lipinski definition) is 2. The molecule has 1 aromatic rings. The Bertz CT molecular complexity index is 525. The number of rotatable bonds is 6. The number of nitro groups is 1. The van der Waals surface area contributed by atoms with Gasteiger partial charge in [0.05, 0.1) is 10.5 Å². The van der Waals surface area contributed by atoms with E-state index >= 15 is 0 Å². The zero-order chi connectivity index (χ0) is 15.3. The lowest BCUT2D eigenvalue weighted by Crippen LogP contribution is -2.53. The second kappa shape index (κ2) is 6.67. The highest BCUT2D eigenvalue weighted by molar-refractivity contribution is 5.86. The predicted molar refractivity (Wildman–Crippen MR) is 79.8 cm³/mol. The monoisotopic (exact) mass is 291 g/mol. The Labute approximate surface area is 124 Å². The van der Waals surface area contributed by atoms with Crippen molar-refractivity contribution < 1.29 is 9.72 Å². The maximum absolute atomic E-state index is 12.5. The molecule has 2 rings (SSSR count). The Hall–Kier alpha value is -1.95. The van der Waals surface area contributed by atoms with E-state index in [2.05, 4.69) is 17.6 Å². The van der Waals surface area contributed by atoms with Crippen LogP contribution in [0.1, 0.15) is 38.2 Å². The number of nitro benzene ring substituents is 1. The molecule has 6 nitrogen and oxygen atoms in total. The molecule has 1 amide bonds. The van der Waals surface area contributed by atoms with E-state index in [9.17, 15) is 14.9 Å². The highest BCUT2D eigenvalue weighted by Crippen LogP contribution is 2.25. The topological polar surface area (TPSA) is 84.3 Å². The minimum Gasteiger partial charge on any atom is -0.350 e. The summed E-state index contributed by atoms with van der Waals surface area (Å²) >= 11 is 0. The van der Waals surface area contributed by atoms with Gasteiger partial charge < -0.3 is 10.6 Å². The van der Waals surface area contributed by atoms with Crippen molar-refractivity contribution in [3.63, 3.8) is 0 Å². The molecule has 21 heavy (non-hydrogen) atoms. The zero-order valence-electron chi connectivity index (χ0n) is 12.2. The lowest BCUT2D eigenvalue weighted by Gasteiger charge is -2.27. The van der Waals surface area contributed by atoms with Crippen LogP contribution < -0.4 is 10.6 Å². The number of amides is 1. The number of hydrogen-bond acceptors (Lipinski definition) is 4. The molecular weight excluding hydrogens is 270 g/mol. The Balaban J connectivity index is 2.05. The van der Waals surface area contributed by atoms with E-state index in [1.807, 2.05) is 0 Å². The number of nitrogens with zero attached hydrogens (tertiary/aromatic N) is 1. The van der Waals surface area contributed by atoms with Crippen LogP contribution in [0.25, 0.3) is 0 Å². The molecule has 1 saturated heterocycles. The maximum Gasteiger partial charge on any atom is 0.274 e. The summed E-state index contributed by atoms with van der Waals surface area (Å²) in [5, 5.41) is 17.1. The van der Waals surface area contributed by atoms with Crippen molar-refractivity contribution in [1.29, 1.82) is 0 Å². The third-order valence-electron chi connectivity index (χ3n) is 3.98. The molecule has 114 valence electrons. The van der Waals surface area contributed by atoms with Crippen LogP contribution in [0.5, 0.6) is 0 Å². The SMILES string of the molecule is CCCC1(C(=O)NCc2ccccc2[N+](=O)[O-])CCCN1. The van der Waals surface area contributed by atoms with Crippen LogP contribution in [0.4, 0.5) is 5.69 Å². The Kier molecular flexibility index (Phi) is 4.90. The molecule has 1 fully saturated rings. The first kappa shape index (κ1) is 15.4. The van der Waals surface area contributed by atoms with E-state index in [-0.39, 0.29) is 18.1 Å². The van der Waals surface area contributed by atoms with Crippen LogP contribution in [0, 0.1) is 10.1 Å². The van der Waals surface area contributed by atoms with Gasteiger partial charge in [-0.2, -0.15) is 0 Å². The molecule has 2 N–H and O–H groups in total. The van der Waals surface area contributed by atoms with E-state index in [1.165, 1.54) is 6.07 Å². The zero-order valence-corrected chi connectivity index (χ0v) is 12.2. The van der Waals surface area contributed by atoms with E-state index in [1.54, 1.807) is 18.2 Å². The molecule has 1 unspecified atom stereocenters. The highest BCUT2D eigenvalue weighted by atomic mass is 16.6. The molecule has 0 aromatic heterocycles. The van der Waals surface area contributed by atoms with Crippen molar-refractivity contribution in [2.45, 2.75) is 44.7 Å². The van der Waals surface area contributed by atoms with Crippen LogP contribution >= 0.6 is 0 Å². The van der Waals surface area contributed by atoms with Gasteiger partial charge in [0.1, 0.15) is 0 Å². The number of para-hydroxylation sites is 1. The van der Waals surface area contributed by atoms with Crippen LogP contribution in [-0.2, 0) is 11.3 Å². The van der Waals surface area contributed by atoms with Gasteiger partial charge in [0.15, 0.2) is 0 Å². The van der Waals surface area contributed by atoms with Crippen LogP contribution in [-0.4, -0.2) is 22.9 Å². The fourth-order valence-electron chi connectivity index (χ4n) is 2.94. The van der Waals surface area contributed by atoms with Gasteiger partial charge in [-0.05, 0) is 25.8 Å². The third-order valence-corrected chi connectivity index (χ3v) is 3.98. The lowest BCUT2D eigenvalue weighted by molar-refractivity contribution is -0.385. The summed E-state index contributed by atoms with van der Waals surface area (Å²) in [6.07, 6.45) is 3.52. The first-order valence-corrected chi connectivity index (χ1v) is 7.35. The minimum absolute atomic E-state index is 0.0433. The number of benzene rings is 1. The van der Waals surface area contributed by atoms with E-state index in [0.29, 0.717) is 5.56 Å². The molecule has 0 radical (unpaired) electrons. The van der Waals surface area contributed by atoms with Crippen LogP contribution in [0.2, 0.25) is 0 Å². The first-order chi connectivity index (χ1) is 10.1. The van der Waals surface area contributed by atoms with E-state index in [4.69, 9.17) is 0 Å². The molecule has 1 aliphatic rings. The van der Waals surface area contributed by atoms with Crippen molar-refractivity contribution in [3.8, 4) is 0 Å². The molecular formula is C15H21N3O3. The van der Waals surface area contributed by atoms with Crippen molar-refractivity contribution >= 4 is 11.6 Å². The average Bonchev–Trinajstić information content (AvgIpc) is 2.95. The van der Waals surface area contributed by atoms with Crippen LogP contribution in [0.3, 0.4) is 0 Å². The summed E-state index contributed by atoms with van der Waals surface area (Å²) in [5.74, 6) is -0.0556. The first-order valence-electron chi connectivity index (χ1n) is 7.35. The van der Waals surface area contributed by atoms with Crippen LogP contribution in [0.15, 0.2) is 24.3 Å². The fourth-order valence-corrected chi connectivity index (χ4v) is 2.94. The second-order valence-electron chi connectivity index (χ2n) is 5.43. The largest absolute Gasteiger partial charge is 0.350 e. The third kappa shape index (κ3) is 3.39. The summed E-state index contributed by atoms with van der Waals surface area (Å²) < 4.78 is 0. The number of carbonyl (C=O) groups is 1. The molecule has 0 bridgehead atoms. The molecule has 1 heterocycles. The molecule has 0 spiro atoms. The van der Waals surface area contributed by atoms with Gasteiger partial charge in [0, 0.05) is 18.2 Å². The van der Waals surface area contributed by atoms with E-state index < -0.39 is 10.5 Å². The molecule has 6 heteroatoms. The maximum atomic E-state index is 12.5. The number of carbonyl (C=O) groups excluding carboxylic acids is 1. The van der Waals surface area contributed by atoms with Crippen molar-refractivity contribution in [1.82, 2.24) is 10.6 Å². The van der Waals surface area contributed by atoms with E-state index in [0.717, 1.165) is 32.2 Å². The Morgan fingerprint density at radius 1 is 1.48 bits per heavy atom. The predicted octanol–water partition coefficient (Wildman–Crippen LogP) is 2.13. The van der Waals surface area contributed by atoms with Gasteiger partial charge in [-0.15, -0.1) is 0 Å². The van der Waals surface area contributed by atoms with Gasteiger partial charge in [-0.3, -0.25) is 14.9 Å². The Morgan fingerprint density at radius 3 is 2.86 bits per heavy atom. The fraction of sp³-hybridized carbons (Fsp3) is 0.533. The van der Waals surface area contributed by atoms with Gasteiger partial charge in [-0.25, -0.2) is 0 Å². The smallest absolute Gasteiger partial charge is 0.274 e. The van der Waals surface area contributed by atoms with Crippen molar-refractivity contribution in [2.24, 2.45) is 0 Å². The van der Waals surface area contributed by atoms with Gasteiger partial charge in [-0.1, -0.05) is 31.5 Å². The summed E-state index contributed by atoms with van der Waals surface area (Å²) in [4.78, 5) is 23.0. The summed E-state index contributed by atoms with van der Waals surface area (Å²) in [6.45, 7) is 3.08. The van der Waals surface area contributed by atoms with Gasteiger partial charge >= 0.3 is 0 Å². The molecule has 1 aromatic carbocycles. The highest BCUT2D eigenvalue weighted by Gasteiger charge is 2.39. The van der Waals surface area contributed by atoms with Gasteiger partial charge in [0.25, 0.3) is 5.69 Å². The normalized spacial score (nSPS) is 21.2. The molecule has 0 aliphatic carbocycles. The average molecular weight is 291 g/mol. The molecule has 1 aliphatic heterocycles. The lowest BCUT2D eigenvalue weighted by atomic mass is 9.91. The summed E-state index contributed by atoms with van der Waals surface area (Å²) in [6, 6.07) is 6.49. The summed E-state index contributed by atoms with van der Waals surface area (Å²) in [5.41, 5.74) is 0.0698. The second-order valence-corrected chi connectivity index (χ2v) is 5.43. The minimum atomic E-state index is -0.502. The summed E-state index contributed by atoms with van der Waals surface area (Å²) in [7, 11) is 0. The Morgan fingerprint density at radius 2 is 2.24 bits per heavy atom. The number of nitrogens with one attached hydrogen (secondary N) is 2. The van der Waals surface area contributed by atoms with Crippen molar-refractivity contribution in [3.05, 3.63) is 39.9 Å². The standard InChI is InChI=1S/C15H21N3O3/c1-2-8-15(9-5-10-17-15)14(19)16-11-12-6-3-4-7-13(12)18(20)21/h3-4,6-7,17H,2,5,8-11H2,1H3,(H,16,19). The quantitative estimate of drug-likeness (QED) is 0.621. The molecule has 0 saturated carbocycles. The van der Waals surface area contributed by atoms with Crippen molar-refractivity contribution in [2.75, 3.05) is 6.54 Å². The van der Waals surface area contributed by atoms with Gasteiger partial charge in [0.2, 0.25) is 5.91 Å².